The zero-order chi connectivity index (χ0) is 23.2. The van der Waals surface area contributed by atoms with Crippen molar-refractivity contribution < 1.29 is 22.4 Å². The van der Waals surface area contributed by atoms with Crippen LogP contribution < -0.4 is 9.62 Å². The number of amides is 2. The number of sulfonamides is 1. The van der Waals surface area contributed by atoms with Crippen LogP contribution in [0.25, 0.3) is 0 Å². The van der Waals surface area contributed by atoms with Gasteiger partial charge in [-0.1, -0.05) is 30.3 Å². The highest BCUT2D eigenvalue weighted by atomic mass is 32.2. The Balaban J connectivity index is 2.38. The van der Waals surface area contributed by atoms with Crippen LogP contribution in [0.3, 0.4) is 0 Å². The molecule has 0 saturated heterocycles. The molecule has 1 N–H and O–H groups in total. The molecule has 0 unspecified atom stereocenters. The molecule has 2 aromatic rings. The Bertz CT molecular complexity index is 1030. The van der Waals surface area contributed by atoms with Gasteiger partial charge in [0.1, 0.15) is 18.4 Å². The van der Waals surface area contributed by atoms with Crippen molar-refractivity contribution in [1.82, 2.24) is 10.2 Å². The third-order valence-corrected chi connectivity index (χ3v) is 5.97. The van der Waals surface area contributed by atoms with Gasteiger partial charge in [-0.3, -0.25) is 13.9 Å². The van der Waals surface area contributed by atoms with Crippen molar-refractivity contribution in [3.05, 3.63) is 65.5 Å². The van der Waals surface area contributed by atoms with Crippen molar-refractivity contribution >= 4 is 27.5 Å². The Morgan fingerprint density at radius 3 is 2.26 bits per heavy atom. The maximum absolute atomic E-state index is 13.3. The van der Waals surface area contributed by atoms with Gasteiger partial charge in [0.2, 0.25) is 21.8 Å². The summed E-state index contributed by atoms with van der Waals surface area (Å²) in [5.74, 6) is -1.32. The molecule has 0 heterocycles. The predicted octanol–water partition coefficient (Wildman–Crippen LogP) is 2.45. The Kier molecular flexibility index (Phi) is 8.15. The number of anilines is 1. The number of halogens is 1. The fraction of sp³-hybridized carbons (Fsp3) is 0.364. The summed E-state index contributed by atoms with van der Waals surface area (Å²) in [6.07, 6.45) is 1.03. The van der Waals surface area contributed by atoms with Gasteiger partial charge in [-0.25, -0.2) is 12.8 Å². The second-order valence-corrected chi connectivity index (χ2v) is 9.18. The first-order valence-electron chi connectivity index (χ1n) is 9.89. The number of likely N-dealkylation sites (N-methyl/N-ethyl adjacent to an activating group) is 1. The zero-order valence-corrected chi connectivity index (χ0v) is 18.9. The summed E-state index contributed by atoms with van der Waals surface area (Å²) in [4.78, 5) is 27.0. The molecule has 1 atom stereocenters. The highest BCUT2D eigenvalue weighted by molar-refractivity contribution is 7.92. The summed E-state index contributed by atoms with van der Waals surface area (Å²) in [5, 5.41) is 2.68. The summed E-state index contributed by atoms with van der Waals surface area (Å²) < 4.78 is 39.3. The van der Waals surface area contributed by atoms with E-state index >= 15 is 0 Å². The number of benzene rings is 2. The van der Waals surface area contributed by atoms with Crippen LogP contribution in [0, 0.1) is 12.7 Å². The van der Waals surface area contributed by atoms with E-state index in [-0.39, 0.29) is 12.5 Å². The Labute approximate surface area is 182 Å². The number of hydrogen-bond donors (Lipinski definition) is 1. The number of nitrogens with one attached hydrogen (secondary N) is 1. The van der Waals surface area contributed by atoms with Crippen molar-refractivity contribution in [2.24, 2.45) is 0 Å². The first-order valence-corrected chi connectivity index (χ1v) is 11.7. The van der Waals surface area contributed by atoms with Gasteiger partial charge in [-0.2, -0.15) is 0 Å². The van der Waals surface area contributed by atoms with Gasteiger partial charge < -0.3 is 10.2 Å². The van der Waals surface area contributed by atoms with Crippen molar-refractivity contribution in [3.63, 3.8) is 0 Å². The second kappa shape index (κ2) is 10.4. The third-order valence-electron chi connectivity index (χ3n) is 4.85. The predicted molar refractivity (Wildman–Crippen MR) is 118 cm³/mol. The summed E-state index contributed by atoms with van der Waals surface area (Å²) in [5.41, 5.74) is 1.71. The van der Waals surface area contributed by atoms with E-state index in [0.29, 0.717) is 23.4 Å². The van der Waals surface area contributed by atoms with E-state index in [2.05, 4.69) is 5.32 Å². The van der Waals surface area contributed by atoms with Crippen molar-refractivity contribution in [2.45, 2.75) is 33.4 Å². The molecule has 0 aromatic heterocycles. The highest BCUT2D eigenvalue weighted by Gasteiger charge is 2.30. The highest BCUT2D eigenvalue weighted by Crippen LogP contribution is 2.22. The Hall–Kier alpha value is -2.94. The van der Waals surface area contributed by atoms with Gasteiger partial charge >= 0.3 is 0 Å². The van der Waals surface area contributed by atoms with E-state index in [1.54, 1.807) is 45.0 Å². The first kappa shape index (κ1) is 24.3. The van der Waals surface area contributed by atoms with Crippen molar-refractivity contribution in [3.8, 4) is 0 Å². The molecule has 0 radical (unpaired) electrons. The standard InChI is InChI=1S/C22H28FN3O4S/c1-5-24-22(28)17(3)25(14-18-10-12-19(23)13-11-18)21(27)15-26(31(4,29)30)20-9-7-6-8-16(20)2/h6-13,17H,5,14-15H2,1-4H3,(H,24,28)/t17-/m0/s1. The first-order chi connectivity index (χ1) is 14.5. The van der Waals surface area contributed by atoms with Crippen LogP contribution >= 0.6 is 0 Å². The molecule has 7 nitrogen and oxygen atoms in total. The fourth-order valence-electron chi connectivity index (χ4n) is 3.13. The van der Waals surface area contributed by atoms with Crippen LogP contribution in [0.2, 0.25) is 0 Å². The molecule has 9 heteroatoms. The lowest BCUT2D eigenvalue weighted by Gasteiger charge is -2.31. The van der Waals surface area contributed by atoms with Gasteiger partial charge in [0.25, 0.3) is 0 Å². The van der Waals surface area contributed by atoms with E-state index < -0.39 is 34.3 Å². The van der Waals surface area contributed by atoms with Gasteiger partial charge in [-0.15, -0.1) is 0 Å². The van der Waals surface area contributed by atoms with Crippen LogP contribution in [0.4, 0.5) is 10.1 Å². The maximum Gasteiger partial charge on any atom is 0.244 e. The Morgan fingerprint density at radius 1 is 1.10 bits per heavy atom. The van der Waals surface area contributed by atoms with Crippen LogP contribution in [0.15, 0.2) is 48.5 Å². The van der Waals surface area contributed by atoms with Gasteiger partial charge in [0.15, 0.2) is 0 Å². The van der Waals surface area contributed by atoms with E-state index in [0.717, 1.165) is 10.6 Å². The van der Waals surface area contributed by atoms with Crippen molar-refractivity contribution in [1.29, 1.82) is 0 Å². The molecule has 2 amide bonds. The largest absolute Gasteiger partial charge is 0.355 e. The summed E-state index contributed by atoms with van der Waals surface area (Å²) in [6.45, 7) is 5.05. The lowest BCUT2D eigenvalue weighted by atomic mass is 10.1. The normalized spacial score (nSPS) is 12.2. The number of aryl methyl sites for hydroxylation is 1. The monoisotopic (exact) mass is 449 g/mol. The molecule has 31 heavy (non-hydrogen) atoms. The zero-order valence-electron chi connectivity index (χ0n) is 18.1. The summed E-state index contributed by atoms with van der Waals surface area (Å²) >= 11 is 0. The SMILES string of the molecule is CCNC(=O)[C@H](C)N(Cc1ccc(F)cc1)C(=O)CN(c1ccccc1C)S(C)(=O)=O. The minimum Gasteiger partial charge on any atom is -0.355 e. The molecular formula is C22H28FN3O4S. The molecule has 168 valence electrons. The van der Waals surface area contributed by atoms with E-state index in [4.69, 9.17) is 0 Å². The number of hydrogen-bond acceptors (Lipinski definition) is 4. The summed E-state index contributed by atoms with van der Waals surface area (Å²) in [7, 11) is -3.77. The van der Waals surface area contributed by atoms with E-state index in [1.165, 1.54) is 29.2 Å². The van der Waals surface area contributed by atoms with Crippen molar-refractivity contribution in [2.75, 3.05) is 23.7 Å². The molecule has 0 aliphatic heterocycles. The number of rotatable bonds is 9. The molecule has 0 aliphatic carbocycles. The number of carbonyl (C=O) groups excluding carboxylic acids is 2. The van der Waals surface area contributed by atoms with Gasteiger partial charge in [0.05, 0.1) is 11.9 Å². The molecule has 2 rings (SSSR count). The van der Waals surface area contributed by atoms with Gasteiger partial charge in [-0.05, 0) is 50.1 Å². The van der Waals surface area contributed by atoms with Crippen LogP contribution in [0.1, 0.15) is 25.0 Å². The number of para-hydroxylation sites is 1. The minimum atomic E-state index is -3.77. The lowest BCUT2D eigenvalue weighted by molar-refractivity contribution is -0.139. The number of carbonyl (C=O) groups is 2. The lowest BCUT2D eigenvalue weighted by Crippen LogP contribution is -2.51. The molecule has 0 fully saturated rings. The van der Waals surface area contributed by atoms with Gasteiger partial charge in [0, 0.05) is 13.1 Å². The maximum atomic E-state index is 13.3. The smallest absolute Gasteiger partial charge is 0.244 e. The molecule has 2 aromatic carbocycles. The number of nitrogens with zero attached hydrogens (tertiary/aromatic N) is 2. The average Bonchev–Trinajstić information content (AvgIpc) is 2.71. The summed E-state index contributed by atoms with van der Waals surface area (Å²) in [6, 6.07) is 11.6. The molecular weight excluding hydrogens is 421 g/mol. The average molecular weight is 450 g/mol. The molecule has 0 saturated carbocycles. The fourth-order valence-corrected chi connectivity index (χ4v) is 4.04. The van der Waals surface area contributed by atoms with Crippen LogP contribution in [-0.4, -0.2) is 50.5 Å². The minimum absolute atomic E-state index is 0.0305. The molecule has 0 spiro atoms. The second-order valence-electron chi connectivity index (χ2n) is 7.27. The topological polar surface area (TPSA) is 86.8 Å². The Morgan fingerprint density at radius 2 is 1.71 bits per heavy atom. The van der Waals surface area contributed by atoms with Crippen LogP contribution in [0.5, 0.6) is 0 Å². The van der Waals surface area contributed by atoms with E-state index in [9.17, 15) is 22.4 Å². The molecule has 0 bridgehead atoms. The molecule has 0 aliphatic rings. The van der Waals surface area contributed by atoms with E-state index in [1.807, 2.05) is 0 Å². The quantitative estimate of drug-likeness (QED) is 0.637. The third kappa shape index (κ3) is 6.52. The van der Waals surface area contributed by atoms with Crippen LogP contribution in [-0.2, 0) is 26.2 Å².